The lowest BCUT2D eigenvalue weighted by atomic mass is 9.94. The summed E-state index contributed by atoms with van der Waals surface area (Å²) < 4.78 is 5.36. The maximum Gasteiger partial charge on any atom is 0.323 e. The van der Waals surface area contributed by atoms with Crippen LogP contribution in [-0.2, 0) is 0 Å². The molecule has 7 heteroatoms. The summed E-state index contributed by atoms with van der Waals surface area (Å²) in [5.41, 5.74) is 6.93. The fourth-order valence-corrected chi connectivity index (χ4v) is 4.20. The number of imidazole rings is 1. The Morgan fingerprint density at radius 1 is 1.00 bits per heavy atom. The van der Waals surface area contributed by atoms with E-state index in [0.29, 0.717) is 21.8 Å². The van der Waals surface area contributed by atoms with Crippen molar-refractivity contribution in [2.75, 3.05) is 0 Å². The number of rotatable bonds is 2. The van der Waals surface area contributed by atoms with E-state index in [1.165, 1.54) is 0 Å². The highest BCUT2D eigenvalue weighted by molar-refractivity contribution is 6.36. The molecular weight excluding hydrogens is 388 g/mol. The molecule has 0 spiro atoms. The molecule has 6 nitrogen and oxygen atoms in total. The lowest BCUT2D eigenvalue weighted by Gasteiger charge is -2.14. The van der Waals surface area contributed by atoms with Gasteiger partial charge in [0, 0.05) is 22.1 Å². The smallest absolute Gasteiger partial charge is 0.323 e. The Labute approximate surface area is 170 Å². The molecule has 0 saturated carbocycles. The van der Waals surface area contributed by atoms with Crippen LogP contribution in [0.15, 0.2) is 45.7 Å². The zero-order chi connectivity index (χ0) is 20.3. The van der Waals surface area contributed by atoms with Gasteiger partial charge in [-0.1, -0.05) is 35.0 Å². The Morgan fingerprint density at radius 2 is 1.79 bits per heavy atom. The van der Waals surface area contributed by atoms with Crippen molar-refractivity contribution >= 4 is 33.5 Å². The summed E-state index contributed by atoms with van der Waals surface area (Å²) in [6, 6.07) is 11.8. The number of para-hydroxylation sites is 1. The molecule has 2 N–H and O–H groups in total. The highest BCUT2D eigenvalue weighted by atomic mass is 35.5. The molecule has 144 valence electrons. The molecule has 0 aliphatic carbocycles. The Balaban J connectivity index is 1.95. The summed E-state index contributed by atoms with van der Waals surface area (Å²) in [5, 5.41) is 5.55. The molecule has 0 radical (unpaired) electrons. The number of H-pyrrole nitrogens is 2. The van der Waals surface area contributed by atoms with Crippen molar-refractivity contribution in [2.45, 2.75) is 20.8 Å². The molecule has 0 fully saturated rings. The molecule has 5 rings (SSSR count). The maximum atomic E-state index is 12.1. The van der Waals surface area contributed by atoms with Gasteiger partial charge < -0.3 is 14.5 Å². The topological polar surface area (TPSA) is 87.6 Å². The number of pyridine rings is 1. The van der Waals surface area contributed by atoms with Crippen LogP contribution in [0.2, 0.25) is 5.02 Å². The molecule has 0 amide bonds. The first-order valence-corrected chi connectivity index (χ1v) is 9.56. The second kappa shape index (κ2) is 6.32. The van der Waals surface area contributed by atoms with Crippen LogP contribution in [-0.4, -0.2) is 20.1 Å². The Bertz CT molecular complexity index is 1460. The van der Waals surface area contributed by atoms with Gasteiger partial charge in [0.1, 0.15) is 5.76 Å². The number of hydrogen-bond donors (Lipinski definition) is 2. The highest BCUT2D eigenvalue weighted by Crippen LogP contribution is 2.41. The fraction of sp³-hybridized carbons (Fsp3) is 0.136. The van der Waals surface area contributed by atoms with Gasteiger partial charge in [-0.3, -0.25) is 4.98 Å². The average Bonchev–Trinajstić information content (AvgIpc) is 3.23. The molecule has 3 aromatic heterocycles. The molecule has 29 heavy (non-hydrogen) atoms. The second-order valence-corrected chi connectivity index (χ2v) is 7.51. The van der Waals surface area contributed by atoms with Gasteiger partial charge in [0.05, 0.1) is 33.0 Å². The van der Waals surface area contributed by atoms with Gasteiger partial charge in [-0.15, -0.1) is 0 Å². The third kappa shape index (κ3) is 2.68. The first-order valence-electron chi connectivity index (χ1n) is 9.18. The number of hydrogen-bond acceptors (Lipinski definition) is 4. The Kier molecular flexibility index (Phi) is 3.86. The third-order valence-corrected chi connectivity index (χ3v) is 5.68. The number of benzene rings is 2. The predicted molar refractivity (Wildman–Crippen MR) is 114 cm³/mol. The first kappa shape index (κ1) is 17.7. The molecular formula is C22H17ClN4O2. The van der Waals surface area contributed by atoms with E-state index in [1.807, 2.05) is 57.2 Å². The van der Waals surface area contributed by atoms with Crippen molar-refractivity contribution < 1.29 is 4.52 Å². The van der Waals surface area contributed by atoms with Gasteiger partial charge in [0.15, 0.2) is 0 Å². The van der Waals surface area contributed by atoms with Crippen LogP contribution in [0.25, 0.3) is 44.2 Å². The van der Waals surface area contributed by atoms with Crippen molar-refractivity contribution in [3.8, 4) is 22.3 Å². The van der Waals surface area contributed by atoms with Gasteiger partial charge in [0.25, 0.3) is 0 Å². The van der Waals surface area contributed by atoms with E-state index in [4.69, 9.17) is 16.1 Å². The van der Waals surface area contributed by atoms with Crippen LogP contribution < -0.4 is 5.69 Å². The number of aryl methyl sites for hydroxylation is 3. The minimum absolute atomic E-state index is 0.275. The van der Waals surface area contributed by atoms with Crippen molar-refractivity contribution in [3.05, 3.63) is 69.1 Å². The van der Waals surface area contributed by atoms with E-state index < -0.39 is 0 Å². The first-order chi connectivity index (χ1) is 13.9. The molecule has 0 aliphatic heterocycles. The third-order valence-electron chi connectivity index (χ3n) is 5.22. The second-order valence-electron chi connectivity index (χ2n) is 7.13. The van der Waals surface area contributed by atoms with Crippen molar-refractivity contribution in [2.24, 2.45) is 0 Å². The predicted octanol–water partition coefficient (Wildman–Crippen LogP) is 5.31. The van der Waals surface area contributed by atoms with Crippen LogP contribution in [0.3, 0.4) is 0 Å². The SMILES string of the molecule is Cc1nc2ccccc2c(-c2cc(-c3c(C)noc3C)cc3[nH]c(=O)[nH]c23)c1Cl. The molecule has 0 unspecified atom stereocenters. The van der Waals surface area contributed by atoms with Crippen LogP contribution in [0, 0.1) is 20.8 Å². The van der Waals surface area contributed by atoms with Gasteiger partial charge in [-0.05, 0) is 44.5 Å². The minimum atomic E-state index is -0.275. The Hall–Kier alpha value is -3.38. The minimum Gasteiger partial charge on any atom is -0.361 e. The number of aromatic amines is 2. The monoisotopic (exact) mass is 404 g/mol. The maximum absolute atomic E-state index is 12.1. The van der Waals surface area contributed by atoms with Gasteiger partial charge >= 0.3 is 5.69 Å². The number of aromatic nitrogens is 4. The largest absolute Gasteiger partial charge is 0.361 e. The van der Waals surface area contributed by atoms with E-state index in [2.05, 4.69) is 20.1 Å². The molecule has 5 aromatic rings. The number of halogens is 1. The average molecular weight is 405 g/mol. The van der Waals surface area contributed by atoms with E-state index in [-0.39, 0.29) is 5.69 Å². The van der Waals surface area contributed by atoms with Crippen molar-refractivity contribution in [1.29, 1.82) is 0 Å². The molecule has 0 aliphatic rings. The van der Waals surface area contributed by atoms with Crippen LogP contribution in [0.4, 0.5) is 0 Å². The quantitative estimate of drug-likeness (QED) is 0.417. The van der Waals surface area contributed by atoms with E-state index in [1.54, 1.807) is 0 Å². The summed E-state index contributed by atoms with van der Waals surface area (Å²) in [6.07, 6.45) is 0. The zero-order valence-electron chi connectivity index (χ0n) is 16.1. The Morgan fingerprint density at radius 3 is 2.55 bits per heavy atom. The fourth-order valence-electron chi connectivity index (χ4n) is 3.95. The van der Waals surface area contributed by atoms with Crippen molar-refractivity contribution in [1.82, 2.24) is 20.1 Å². The molecule has 2 aromatic carbocycles. The summed E-state index contributed by atoms with van der Waals surface area (Å²) in [6.45, 7) is 5.65. The summed E-state index contributed by atoms with van der Waals surface area (Å²) in [5.74, 6) is 0.715. The molecule has 0 atom stereocenters. The summed E-state index contributed by atoms with van der Waals surface area (Å²) in [7, 11) is 0. The highest BCUT2D eigenvalue weighted by Gasteiger charge is 2.20. The van der Waals surface area contributed by atoms with Crippen LogP contribution in [0.1, 0.15) is 17.1 Å². The van der Waals surface area contributed by atoms with Crippen LogP contribution >= 0.6 is 11.6 Å². The van der Waals surface area contributed by atoms with Gasteiger partial charge in [-0.2, -0.15) is 0 Å². The van der Waals surface area contributed by atoms with Crippen LogP contribution in [0.5, 0.6) is 0 Å². The van der Waals surface area contributed by atoms with Gasteiger partial charge in [0.2, 0.25) is 0 Å². The lowest BCUT2D eigenvalue weighted by Crippen LogP contribution is -1.99. The van der Waals surface area contributed by atoms with E-state index >= 15 is 0 Å². The number of fused-ring (bicyclic) bond motifs is 2. The molecule has 0 bridgehead atoms. The molecule has 0 saturated heterocycles. The summed E-state index contributed by atoms with van der Waals surface area (Å²) >= 11 is 6.76. The van der Waals surface area contributed by atoms with E-state index in [9.17, 15) is 4.79 Å². The lowest BCUT2D eigenvalue weighted by molar-refractivity contribution is 0.393. The van der Waals surface area contributed by atoms with E-state index in [0.717, 1.165) is 44.5 Å². The standard InChI is InChI=1S/C22H17ClN4O2/c1-10-18(12(3)29-27-10)13-8-15(21-17(9-13)25-22(28)26-21)19-14-6-4-5-7-16(14)24-11(2)20(19)23/h4-9H,1-3H3,(H2,25,26,28). The number of nitrogens with one attached hydrogen (secondary N) is 2. The normalized spacial score (nSPS) is 11.6. The number of nitrogens with zero attached hydrogens (tertiary/aromatic N) is 2. The van der Waals surface area contributed by atoms with Gasteiger partial charge in [-0.25, -0.2) is 4.79 Å². The zero-order valence-corrected chi connectivity index (χ0v) is 16.8. The molecule has 3 heterocycles. The summed E-state index contributed by atoms with van der Waals surface area (Å²) in [4.78, 5) is 22.5. The van der Waals surface area contributed by atoms with Crippen molar-refractivity contribution in [3.63, 3.8) is 0 Å².